The van der Waals surface area contributed by atoms with Crippen LogP contribution in [0.5, 0.6) is 0 Å². The van der Waals surface area contributed by atoms with Crippen molar-refractivity contribution in [1.82, 2.24) is 5.32 Å². The number of nitrogens with one attached hydrogen (secondary N) is 1. The molecule has 0 saturated heterocycles. The van der Waals surface area contributed by atoms with Crippen molar-refractivity contribution >= 4 is 11.9 Å². The van der Waals surface area contributed by atoms with Gasteiger partial charge in [-0.1, -0.05) is 275 Å². The quantitative estimate of drug-likeness (QED) is 0.0321. The van der Waals surface area contributed by atoms with E-state index in [9.17, 15) is 19.8 Å². The zero-order valence-corrected chi connectivity index (χ0v) is 47.0. The highest BCUT2D eigenvalue weighted by Crippen LogP contribution is 2.17. The molecule has 0 heterocycles. The molecule has 0 radical (unpaired) electrons. The fraction of sp³-hybridized carbons (Fsp3) is 0.875. The van der Waals surface area contributed by atoms with E-state index in [1.54, 1.807) is 6.08 Å². The normalized spacial score (nSPS) is 12.8. The number of ether oxygens (including phenoxy) is 1. The first kappa shape index (κ1) is 68.1. The van der Waals surface area contributed by atoms with Gasteiger partial charge in [-0.05, 0) is 83.5 Å². The average molecular weight is 985 g/mol. The monoisotopic (exact) mass is 984 g/mol. The Kier molecular flexibility index (Phi) is 58.0. The van der Waals surface area contributed by atoms with E-state index in [0.29, 0.717) is 19.4 Å². The SMILES string of the molecule is CCCCCC/C=C\CCCCCCCC(=O)OCCCCCCCCCC/C=C\CCCCCCCCCC(=O)NC(CO)C(O)/C=C/CCCCCCCCCCCCCCCCCCCCC. The Hall–Kier alpha value is -1.92. The molecule has 0 fully saturated rings. The molecule has 0 rings (SSSR count). The summed E-state index contributed by atoms with van der Waals surface area (Å²) in [5, 5.41) is 23.2. The molecule has 0 bridgehead atoms. The zero-order valence-electron chi connectivity index (χ0n) is 47.0. The second-order valence-electron chi connectivity index (χ2n) is 21.4. The van der Waals surface area contributed by atoms with Gasteiger partial charge in [0.2, 0.25) is 5.91 Å². The molecule has 6 nitrogen and oxygen atoms in total. The van der Waals surface area contributed by atoms with Crippen molar-refractivity contribution in [3.05, 3.63) is 36.5 Å². The molecule has 6 heteroatoms. The summed E-state index contributed by atoms with van der Waals surface area (Å²) >= 11 is 0. The van der Waals surface area contributed by atoms with E-state index in [1.807, 2.05) is 6.08 Å². The van der Waals surface area contributed by atoms with Gasteiger partial charge in [0.15, 0.2) is 0 Å². The standard InChI is InChI=1S/C64H121NO5/c1-3-5-7-9-11-13-15-17-18-19-20-21-23-26-29-33-36-40-44-48-52-56-62(67)61(60-66)65-63(68)57-53-49-45-41-37-34-30-27-24-22-25-28-31-35-39-43-47-51-55-59-70-64(69)58-54-50-46-42-38-32-16-14-12-10-8-6-4-2/h14,16,22,24,52,56,61-62,66-67H,3-13,15,17-21,23,25-51,53-55,57-60H2,1-2H3,(H,65,68)/b16-14-,24-22-,56-52+. The first-order valence-corrected chi connectivity index (χ1v) is 31.3. The second kappa shape index (κ2) is 59.6. The van der Waals surface area contributed by atoms with Crippen molar-refractivity contribution in [3.8, 4) is 0 Å². The van der Waals surface area contributed by atoms with Crippen LogP contribution in [0.4, 0.5) is 0 Å². The Morgan fingerprint density at radius 3 is 1.03 bits per heavy atom. The van der Waals surface area contributed by atoms with Gasteiger partial charge in [0.25, 0.3) is 0 Å². The highest BCUT2D eigenvalue weighted by molar-refractivity contribution is 5.76. The van der Waals surface area contributed by atoms with Gasteiger partial charge in [0, 0.05) is 12.8 Å². The van der Waals surface area contributed by atoms with Gasteiger partial charge in [-0.25, -0.2) is 0 Å². The third-order valence-corrected chi connectivity index (χ3v) is 14.4. The first-order chi connectivity index (χ1) is 34.5. The van der Waals surface area contributed by atoms with Crippen molar-refractivity contribution in [2.75, 3.05) is 13.2 Å². The first-order valence-electron chi connectivity index (χ1n) is 31.3. The zero-order chi connectivity index (χ0) is 50.7. The van der Waals surface area contributed by atoms with E-state index >= 15 is 0 Å². The van der Waals surface area contributed by atoms with Crippen LogP contribution in [0, 0.1) is 0 Å². The lowest BCUT2D eigenvalue weighted by Gasteiger charge is -2.20. The van der Waals surface area contributed by atoms with Gasteiger partial charge >= 0.3 is 5.97 Å². The Morgan fingerprint density at radius 1 is 0.386 bits per heavy atom. The molecule has 3 N–H and O–H groups in total. The maximum atomic E-state index is 12.5. The predicted molar refractivity (Wildman–Crippen MR) is 306 cm³/mol. The molecule has 0 aromatic rings. The van der Waals surface area contributed by atoms with Gasteiger partial charge in [-0.15, -0.1) is 0 Å². The van der Waals surface area contributed by atoms with Crippen LogP contribution in [-0.2, 0) is 14.3 Å². The maximum Gasteiger partial charge on any atom is 0.305 e. The number of allylic oxidation sites excluding steroid dienone is 5. The molecule has 0 aromatic heterocycles. The van der Waals surface area contributed by atoms with Crippen LogP contribution in [-0.4, -0.2) is 47.4 Å². The summed E-state index contributed by atoms with van der Waals surface area (Å²) in [7, 11) is 0. The lowest BCUT2D eigenvalue weighted by Crippen LogP contribution is -2.45. The molecule has 412 valence electrons. The summed E-state index contributed by atoms with van der Waals surface area (Å²) in [6.07, 6.45) is 74.6. The molecule has 1 amide bonds. The largest absolute Gasteiger partial charge is 0.466 e. The molecule has 2 unspecified atom stereocenters. The molecule has 0 aromatic carbocycles. The van der Waals surface area contributed by atoms with E-state index in [1.165, 1.54) is 257 Å². The number of rotatable bonds is 58. The van der Waals surface area contributed by atoms with E-state index in [4.69, 9.17) is 4.74 Å². The van der Waals surface area contributed by atoms with Crippen LogP contribution in [0.2, 0.25) is 0 Å². The highest BCUT2D eigenvalue weighted by Gasteiger charge is 2.18. The maximum absolute atomic E-state index is 12.5. The molecular weight excluding hydrogens is 863 g/mol. The lowest BCUT2D eigenvalue weighted by atomic mass is 10.0. The van der Waals surface area contributed by atoms with E-state index < -0.39 is 12.1 Å². The molecule has 0 saturated carbocycles. The molecule has 0 aliphatic heterocycles. The molecular formula is C64H121NO5. The number of hydrogen-bond donors (Lipinski definition) is 3. The summed E-state index contributed by atoms with van der Waals surface area (Å²) in [6, 6.07) is -0.636. The average Bonchev–Trinajstić information content (AvgIpc) is 3.36. The summed E-state index contributed by atoms with van der Waals surface area (Å²) in [5.74, 6) is -0.0813. The van der Waals surface area contributed by atoms with Crippen molar-refractivity contribution < 1.29 is 24.5 Å². The predicted octanol–water partition coefficient (Wildman–Crippen LogP) is 19.6. The summed E-state index contributed by atoms with van der Waals surface area (Å²) in [5.41, 5.74) is 0. The third kappa shape index (κ3) is 55.4. The summed E-state index contributed by atoms with van der Waals surface area (Å²) in [6.45, 7) is 4.89. The van der Waals surface area contributed by atoms with Crippen molar-refractivity contribution in [2.45, 2.75) is 347 Å². The van der Waals surface area contributed by atoms with Crippen LogP contribution < -0.4 is 5.32 Å². The van der Waals surface area contributed by atoms with Gasteiger partial charge in [0.1, 0.15) is 0 Å². The van der Waals surface area contributed by atoms with Crippen LogP contribution in [0.1, 0.15) is 335 Å². The van der Waals surface area contributed by atoms with Crippen molar-refractivity contribution in [1.29, 1.82) is 0 Å². The van der Waals surface area contributed by atoms with Crippen molar-refractivity contribution in [3.63, 3.8) is 0 Å². The summed E-state index contributed by atoms with van der Waals surface area (Å²) < 4.78 is 5.46. The Morgan fingerprint density at radius 2 is 0.671 bits per heavy atom. The van der Waals surface area contributed by atoms with Gasteiger partial charge in [-0.2, -0.15) is 0 Å². The van der Waals surface area contributed by atoms with Crippen LogP contribution in [0.3, 0.4) is 0 Å². The second-order valence-corrected chi connectivity index (χ2v) is 21.4. The highest BCUT2D eigenvalue weighted by atomic mass is 16.5. The van der Waals surface area contributed by atoms with E-state index in [0.717, 1.165) is 51.4 Å². The molecule has 2 atom stereocenters. The van der Waals surface area contributed by atoms with Gasteiger partial charge < -0.3 is 20.3 Å². The fourth-order valence-electron chi connectivity index (χ4n) is 9.57. The smallest absolute Gasteiger partial charge is 0.305 e. The number of esters is 1. The topological polar surface area (TPSA) is 95.9 Å². The molecule has 0 aliphatic rings. The Bertz CT molecular complexity index is 1130. The van der Waals surface area contributed by atoms with Gasteiger partial charge in [0.05, 0.1) is 25.4 Å². The molecule has 0 spiro atoms. The summed E-state index contributed by atoms with van der Waals surface area (Å²) in [4.78, 5) is 24.5. The van der Waals surface area contributed by atoms with Crippen LogP contribution >= 0.6 is 0 Å². The third-order valence-electron chi connectivity index (χ3n) is 14.4. The number of unbranched alkanes of at least 4 members (excludes halogenated alkanes) is 43. The Labute approximate surface area is 436 Å². The van der Waals surface area contributed by atoms with E-state index in [2.05, 4.69) is 43.5 Å². The minimum Gasteiger partial charge on any atom is -0.466 e. The van der Waals surface area contributed by atoms with Crippen LogP contribution in [0.15, 0.2) is 36.5 Å². The number of hydrogen-bond acceptors (Lipinski definition) is 5. The Balaban J connectivity index is 3.48. The molecule has 70 heavy (non-hydrogen) atoms. The van der Waals surface area contributed by atoms with E-state index in [-0.39, 0.29) is 18.5 Å². The number of amides is 1. The van der Waals surface area contributed by atoms with Crippen LogP contribution in [0.25, 0.3) is 0 Å². The lowest BCUT2D eigenvalue weighted by molar-refractivity contribution is -0.143. The van der Waals surface area contributed by atoms with Gasteiger partial charge in [-0.3, -0.25) is 9.59 Å². The molecule has 0 aliphatic carbocycles. The fourth-order valence-corrected chi connectivity index (χ4v) is 9.57. The minimum absolute atomic E-state index is 0.00593. The van der Waals surface area contributed by atoms with Crippen molar-refractivity contribution in [2.24, 2.45) is 0 Å². The number of aliphatic hydroxyl groups excluding tert-OH is 2. The number of carbonyl (C=O) groups excluding carboxylic acids is 2. The minimum atomic E-state index is -0.852. The number of carbonyl (C=O) groups is 2. The number of aliphatic hydroxyl groups is 2.